The second kappa shape index (κ2) is 7.00. The number of nitrogens with one attached hydrogen (secondary N) is 1. The van der Waals surface area contributed by atoms with E-state index >= 15 is 0 Å². The van der Waals surface area contributed by atoms with Gasteiger partial charge in [0.15, 0.2) is 0 Å². The Bertz CT molecular complexity index is 563. The number of ether oxygens (including phenoxy) is 1. The van der Waals surface area contributed by atoms with Gasteiger partial charge in [0, 0.05) is 18.2 Å². The summed E-state index contributed by atoms with van der Waals surface area (Å²) in [5.74, 6) is 0.923. The molecule has 5 heteroatoms. The molecule has 0 atom stereocenters. The molecule has 0 aliphatic heterocycles. The van der Waals surface area contributed by atoms with Gasteiger partial charge >= 0.3 is 0 Å². The van der Waals surface area contributed by atoms with Crippen molar-refractivity contribution in [3.05, 3.63) is 29.3 Å². The second-order valence-corrected chi connectivity index (χ2v) is 6.44. The highest BCUT2D eigenvalue weighted by Gasteiger charge is 2.20. The minimum absolute atomic E-state index is 0.705. The highest BCUT2D eigenvalue weighted by molar-refractivity contribution is 7.14. The van der Waals surface area contributed by atoms with E-state index in [4.69, 9.17) is 4.74 Å². The zero-order chi connectivity index (χ0) is 14.5. The average Bonchev–Trinajstić information content (AvgIpc) is 3.23. The molecule has 1 aromatic heterocycles. The van der Waals surface area contributed by atoms with Crippen LogP contribution in [0.25, 0.3) is 10.6 Å². The summed E-state index contributed by atoms with van der Waals surface area (Å²) in [5, 5.41) is 14.0. The summed E-state index contributed by atoms with van der Waals surface area (Å²) < 4.78 is 5.67. The molecule has 1 aromatic carbocycles. The molecule has 0 bridgehead atoms. The molecule has 1 heterocycles. The molecule has 2 aromatic rings. The zero-order valence-electron chi connectivity index (χ0n) is 12.3. The van der Waals surface area contributed by atoms with Crippen LogP contribution in [-0.4, -0.2) is 22.8 Å². The number of nitrogens with zero attached hydrogens (tertiary/aromatic N) is 2. The van der Waals surface area contributed by atoms with Crippen LogP contribution in [0.3, 0.4) is 0 Å². The molecule has 1 aliphatic carbocycles. The van der Waals surface area contributed by atoms with Gasteiger partial charge in [0.2, 0.25) is 0 Å². The molecule has 3 rings (SSSR count). The number of aromatic nitrogens is 2. The van der Waals surface area contributed by atoms with Crippen molar-refractivity contribution in [2.45, 2.75) is 45.2 Å². The third-order valence-electron chi connectivity index (χ3n) is 3.45. The summed E-state index contributed by atoms with van der Waals surface area (Å²) in [7, 11) is 0. The highest BCUT2D eigenvalue weighted by Crippen LogP contribution is 2.26. The van der Waals surface area contributed by atoms with Gasteiger partial charge in [-0.25, -0.2) is 0 Å². The van der Waals surface area contributed by atoms with Crippen LogP contribution in [0.4, 0.5) is 0 Å². The zero-order valence-corrected chi connectivity index (χ0v) is 13.2. The lowest BCUT2D eigenvalue weighted by Crippen LogP contribution is -2.14. The van der Waals surface area contributed by atoms with E-state index in [1.54, 1.807) is 11.3 Å². The Morgan fingerprint density at radius 2 is 2.05 bits per heavy atom. The predicted octanol–water partition coefficient (Wildman–Crippen LogP) is 3.64. The van der Waals surface area contributed by atoms with Gasteiger partial charge in [-0.15, -0.1) is 10.2 Å². The molecule has 1 fully saturated rings. The first kappa shape index (κ1) is 14.5. The van der Waals surface area contributed by atoms with Crippen LogP contribution in [-0.2, 0) is 6.54 Å². The Morgan fingerprint density at radius 1 is 1.24 bits per heavy atom. The Labute approximate surface area is 129 Å². The Balaban J connectivity index is 1.57. The third-order valence-corrected chi connectivity index (χ3v) is 4.43. The number of hydrogen-bond donors (Lipinski definition) is 1. The normalized spacial score (nSPS) is 14.3. The predicted molar refractivity (Wildman–Crippen MR) is 85.6 cm³/mol. The molecule has 0 amide bonds. The first-order valence-corrected chi connectivity index (χ1v) is 8.46. The maximum Gasteiger partial charge on any atom is 0.147 e. The molecule has 1 aliphatic rings. The first-order chi connectivity index (χ1) is 10.3. The molecule has 112 valence electrons. The molecule has 4 nitrogen and oxygen atoms in total. The summed E-state index contributed by atoms with van der Waals surface area (Å²) in [6, 6.07) is 8.83. The topological polar surface area (TPSA) is 47.0 Å². The SMILES string of the molecule is CCCCOc1ccc(-c2nnc(CNC3CC3)s2)cc1. The lowest BCUT2D eigenvalue weighted by atomic mass is 10.2. The lowest BCUT2D eigenvalue weighted by molar-refractivity contribution is 0.309. The molecule has 1 saturated carbocycles. The van der Waals surface area contributed by atoms with E-state index in [9.17, 15) is 0 Å². The van der Waals surface area contributed by atoms with Crippen LogP contribution in [0, 0.1) is 0 Å². The Morgan fingerprint density at radius 3 is 2.76 bits per heavy atom. The van der Waals surface area contributed by atoms with Gasteiger partial charge in [-0.3, -0.25) is 0 Å². The van der Waals surface area contributed by atoms with Crippen molar-refractivity contribution in [3.8, 4) is 16.3 Å². The van der Waals surface area contributed by atoms with Gasteiger partial charge in [0.25, 0.3) is 0 Å². The van der Waals surface area contributed by atoms with Gasteiger partial charge in [-0.2, -0.15) is 0 Å². The average molecular weight is 303 g/mol. The Hall–Kier alpha value is -1.46. The quantitative estimate of drug-likeness (QED) is 0.756. The molecule has 0 spiro atoms. The van der Waals surface area contributed by atoms with Crippen LogP contribution >= 0.6 is 11.3 Å². The number of benzene rings is 1. The molecule has 0 unspecified atom stereocenters. The van der Waals surface area contributed by atoms with Gasteiger partial charge < -0.3 is 10.1 Å². The Kier molecular flexibility index (Phi) is 4.83. The number of rotatable bonds is 8. The van der Waals surface area contributed by atoms with E-state index in [0.717, 1.165) is 47.3 Å². The van der Waals surface area contributed by atoms with Crippen molar-refractivity contribution in [1.29, 1.82) is 0 Å². The van der Waals surface area contributed by atoms with Crippen molar-refractivity contribution >= 4 is 11.3 Å². The maximum absolute atomic E-state index is 5.67. The van der Waals surface area contributed by atoms with Gasteiger partial charge in [-0.1, -0.05) is 24.7 Å². The van der Waals surface area contributed by atoms with E-state index < -0.39 is 0 Å². The molecule has 1 N–H and O–H groups in total. The third kappa shape index (κ3) is 4.25. The van der Waals surface area contributed by atoms with Crippen LogP contribution in [0.2, 0.25) is 0 Å². The van der Waals surface area contributed by atoms with Gasteiger partial charge in [0.1, 0.15) is 15.8 Å². The van der Waals surface area contributed by atoms with E-state index in [-0.39, 0.29) is 0 Å². The van der Waals surface area contributed by atoms with E-state index in [0.29, 0.717) is 6.04 Å². The van der Waals surface area contributed by atoms with E-state index in [2.05, 4.69) is 34.6 Å². The van der Waals surface area contributed by atoms with Crippen LogP contribution < -0.4 is 10.1 Å². The number of hydrogen-bond acceptors (Lipinski definition) is 5. The van der Waals surface area contributed by atoms with Crippen molar-refractivity contribution in [3.63, 3.8) is 0 Å². The minimum atomic E-state index is 0.705. The second-order valence-electron chi connectivity index (χ2n) is 5.38. The summed E-state index contributed by atoms with van der Waals surface area (Å²) in [5.41, 5.74) is 1.10. The first-order valence-electron chi connectivity index (χ1n) is 7.64. The summed E-state index contributed by atoms with van der Waals surface area (Å²) >= 11 is 1.66. The van der Waals surface area contributed by atoms with Crippen molar-refractivity contribution in [2.24, 2.45) is 0 Å². The summed E-state index contributed by atoms with van der Waals surface area (Å²) in [4.78, 5) is 0. The number of unbranched alkanes of at least 4 members (excludes halogenated alkanes) is 1. The largest absolute Gasteiger partial charge is 0.494 e. The van der Waals surface area contributed by atoms with Crippen molar-refractivity contribution in [1.82, 2.24) is 15.5 Å². The monoisotopic (exact) mass is 303 g/mol. The van der Waals surface area contributed by atoms with E-state index in [1.807, 2.05) is 12.1 Å². The molecule has 0 radical (unpaired) electrons. The molecule has 21 heavy (non-hydrogen) atoms. The standard InChI is InChI=1S/C16H21N3OS/c1-2-3-10-20-14-8-4-12(5-9-14)16-19-18-15(21-16)11-17-13-6-7-13/h4-5,8-9,13,17H,2-3,6-7,10-11H2,1H3. The van der Waals surface area contributed by atoms with Crippen LogP contribution in [0.5, 0.6) is 5.75 Å². The highest BCUT2D eigenvalue weighted by atomic mass is 32.1. The van der Waals surface area contributed by atoms with Crippen molar-refractivity contribution < 1.29 is 4.74 Å². The van der Waals surface area contributed by atoms with Gasteiger partial charge in [0.05, 0.1) is 6.61 Å². The smallest absolute Gasteiger partial charge is 0.147 e. The van der Waals surface area contributed by atoms with Crippen molar-refractivity contribution in [2.75, 3.05) is 6.61 Å². The molecular formula is C16H21N3OS. The summed E-state index contributed by atoms with van der Waals surface area (Å²) in [6.45, 7) is 3.78. The molecule has 0 saturated heterocycles. The fourth-order valence-electron chi connectivity index (χ4n) is 1.99. The fraction of sp³-hybridized carbons (Fsp3) is 0.500. The van der Waals surface area contributed by atoms with Gasteiger partial charge in [-0.05, 0) is 43.5 Å². The minimum Gasteiger partial charge on any atom is -0.494 e. The van der Waals surface area contributed by atoms with E-state index in [1.165, 1.54) is 12.8 Å². The fourth-order valence-corrected chi connectivity index (χ4v) is 2.78. The summed E-state index contributed by atoms with van der Waals surface area (Å²) in [6.07, 6.45) is 4.84. The lowest BCUT2D eigenvalue weighted by Gasteiger charge is -2.05. The maximum atomic E-state index is 5.67. The van der Waals surface area contributed by atoms with Crippen LogP contribution in [0.15, 0.2) is 24.3 Å². The van der Waals surface area contributed by atoms with Crippen LogP contribution in [0.1, 0.15) is 37.6 Å². The molecular weight excluding hydrogens is 282 g/mol.